The third kappa shape index (κ3) is 2.08. The van der Waals surface area contributed by atoms with Crippen molar-refractivity contribution in [2.75, 3.05) is 0 Å². The Hall–Kier alpha value is -1.56. The van der Waals surface area contributed by atoms with Crippen molar-refractivity contribution >= 4 is 0 Å². The Balaban J connectivity index is 2.08. The van der Waals surface area contributed by atoms with Crippen LogP contribution in [0.2, 0.25) is 0 Å². The standard InChI is InChI=1S/C20H24/c1-13(2)19-15(4)20(16-8-6-5-7-9-16)17-11-10-14(3)12-18(17)19/h5-8,12,16,20H,1,9-11H2,2-4H3. The molecule has 0 aromatic rings. The maximum atomic E-state index is 4.23. The average molecular weight is 264 g/mol. The van der Waals surface area contributed by atoms with Crippen LogP contribution in [0.3, 0.4) is 0 Å². The first-order chi connectivity index (χ1) is 9.59. The van der Waals surface area contributed by atoms with Gasteiger partial charge in [-0.25, -0.2) is 0 Å². The Bertz CT molecular complexity index is 602. The van der Waals surface area contributed by atoms with Gasteiger partial charge in [0.1, 0.15) is 0 Å². The fraction of sp³-hybridized carbons (Fsp3) is 0.400. The molecular formula is C20H24. The highest BCUT2D eigenvalue weighted by Gasteiger charge is 2.35. The van der Waals surface area contributed by atoms with E-state index in [1.807, 2.05) is 0 Å². The van der Waals surface area contributed by atoms with Crippen LogP contribution in [-0.4, -0.2) is 0 Å². The van der Waals surface area contributed by atoms with E-state index >= 15 is 0 Å². The van der Waals surface area contributed by atoms with Gasteiger partial charge in [0.2, 0.25) is 0 Å². The first-order valence-electron chi connectivity index (χ1n) is 7.70. The molecule has 0 amide bonds. The second-order valence-corrected chi connectivity index (χ2v) is 6.46. The van der Waals surface area contributed by atoms with Crippen molar-refractivity contribution in [1.82, 2.24) is 0 Å². The second kappa shape index (κ2) is 5.09. The van der Waals surface area contributed by atoms with Crippen molar-refractivity contribution in [3.8, 4) is 0 Å². The number of allylic oxidation sites excluding steroid dienone is 11. The van der Waals surface area contributed by atoms with E-state index in [0.29, 0.717) is 11.8 Å². The van der Waals surface area contributed by atoms with Gasteiger partial charge < -0.3 is 0 Å². The molecule has 0 N–H and O–H groups in total. The molecule has 0 saturated carbocycles. The molecule has 0 aliphatic heterocycles. The van der Waals surface area contributed by atoms with Crippen LogP contribution in [0.1, 0.15) is 40.0 Å². The molecule has 0 bridgehead atoms. The Labute approximate surface area is 123 Å². The van der Waals surface area contributed by atoms with Gasteiger partial charge in [-0.3, -0.25) is 0 Å². The summed E-state index contributed by atoms with van der Waals surface area (Å²) in [5.74, 6) is 1.23. The van der Waals surface area contributed by atoms with Gasteiger partial charge >= 0.3 is 0 Å². The van der Waals surface area contributed by atoms with Crippen LogP contribution in [0, 0.1) is 11.8 Å². The van der Waals surface area contributed by atoms with E-state index in [9.17, 15) is 0 Å². The van der Waals surface area contributed by atoms with Crippen LogP contribution in [-0.2, 0) is 0 Å². The van der Waals surface area contributed by atoms with Gasteiger partial charge in [0.15, 0.2) is 0 Å². The highest BCUT2D eigenvalue weighted by atomic mass is 14.4. The van der Waals surface area contributed by atoms with Crippen molar-refractivity contribution in [2.45, 2.75) is 40.0 Å². The van der Waals surface area contributed by atoms with Crippen molar-refractivity contribution < 1.29 is 0 Å². The molecule has 0 heterocycles. The molecule has 0 aromatic carbocycles. The molecule has 0 radical (unpaired) electrons. The molecule has 0 heteroatoms. The first kappa shape index (κ1) is 13.4. The van der Waals surface area contributed by atoms with Crippen LogP contribution in [0.4, 0.5) is 0 Å². The molecule has 2 atom stereocenters. The normalized spacial score (nSPS) is 28.9. The molecular weight excluding hydrogens is 240 g/mol. The third-order valence-corrected chi connectivity index (χ3v) is 4.90. The lowest BCUT2D eigenvalue weighted by molar-refractivity contribution is 0.502. The largest absolute Gasteiger partial charge is 0.0955 e. The highest BCUT2D eigenvalue weighted by molar-refractivity contribution is 5.63. The fourth-order valence-corrected chi connectivity index (χ4v) is 4.06. The summed E-state index contributed by atoms with van der Waals surface area (Å²) in [6.45, 7) is 11.0. The second-order valence-electron chi connectivity index (χ2n) is 6.46. The summed E-state index contributed by atoms with van der Waals surface area (Å²) < 4.78 is 0. The number of rotatable bonds is 2. The topological polar surface area (TPSA) is 0 Å². The Kier molecular flexibility index (Phi) is 3.41. The highest BCUT2D eigenvalue weighted by Crippen LogP contribution is 2.49. The Morgan fingerprint density at radius 3 is 2.65 bits per heavy atom. The van der Waals surface area contributed by atoms with Gasteiger partial charge in [-0.15, -0.1) is 0 Å². The molecule has 20 heavy (non-hydrogen) atoms. The molecule has 3 aliphatic rings. The van der Waals surface area contributed by atoms with E-state index in [2.05, 4.69) is 57.7 Å². The Morgan fingerprint density at radius 2 is 2.00 bits per heavy atom. The molecule has 0 saturated heterocycles. The number of hydrogen-bond acceptors (Lipinski definition) is 0. The zero-order valence-electron chi connectivity index (χ0n) is 12.9. The van der Waals surface area contributed by atoms with Crippen molar-refractivity contribution in [3.63, 3.8) is 0 Å². The monoisotopic (exact) mass is 264 g/mol. The van der Waals surface area contributed by atoms with Gasteiger partial charge in [-0.1, -0.05) is 59.3 Å². The summed E-state index contributed by atoms with van der Waals surface area (Å²) in [4.78, 5) is 0. The molecule has 0 aromatic heterocycles. The first-order valence-corrected chi connectivity index (χ1v) is 7.70. The third-order valence-electron chi connectivity index (χ3n) is 4.90. The lowest BCUT2D eigenvalue weighted by Gasteiger charge is -2.27. The summed E-state index contributed by atoms with van der Waals surface area (Å²) >= 11 is 0. The summed E-state index contributed by atoms with van der Waals surface area (Å²) in [5.41, 5.74) is 8.86. The van der Waals surface area contributed by atoms with Crippen LogP contribution in [0.15, 0.2) is 70.4 Å². The zero-order valence-corrected chi connectivity index (χ0v) is 12.9. The van der Waals surface area contributed by atoms with Gasteiger partial charge in [0.05, 0.1) is 0 Å². The van der Waals surface area contributed by atoms with Crippen LogP contribution < -0.4 is 0 Å². The van der Waals surface area contributed by atoms with E-state index in [1.54, 1.807) is 11.1 Å². The lowest BCUT2D eigenvalue weighted by atomic mass is 9.77. The van der Waals surface area contributed by atoms with Gasteiger partial charge in [0.25, 0.3) is 0 Å². The summed E-state index contributed by atoms with van der Waals surface area (Å²) in [6.07, 6.45) is 15.1. The van der Waals surface area contributed by atoms with Crippen molar-refractivity contribution in [2.24, 2.45) is 11.8 Å². The lowest BCUT2D eigenvalue weighted by Crippen LogP contribution is -2.16. The van der Waals surface area contributed by atoms with Gasteiger partial charge in [0, 0.05) is 5.92 Å². The molecule has 3 rings (SSSR count). The predicted molar refractivity (Wildman–Crippen MR) is 87.4 cm³/mol. The smallest absolute Gasteiger partial charge is 0.00887 e. The molecule has 0 nitrogen and oxygen atoms in total. The van der Waals surface area contributed by atoms with E-state index in [-0.39, 0.29) is 0 Å². The molecule has 0 spiro atoms. The summed E-state index contributed by atoms with van der Waals surface area (Å²) in [7, 11) is 0. The summed E-state index contributed by atoms with van der Waals surface area (Å²) in [6, 6.07) is 0. The van der Waals surface area contributed by atoms with E-state index in [0.717, 1.165) is 0 Å². The average Bonchev–Trinajstić information content (AvgIpc) is 2.71. The minimum Gasteiger partial charge on any atom is -0.0955 e. The SMILES string of the molecule is C=C(C)C1=C(C)C(C2C=CC=CC2)C2=C1C=C(C)CC2. The maximum Gasteiger partial charge on any atom is 0.00887 e. The molecule has 2 unspecified atom stereocenters. The van der Waals surface area contributed by atoms with E-state index in [1.165, 1.54) is 41.6 Å². The quantitative estimate of drug-likeness (QED) is 0.602. The summed E-state index contributed by atoms with van der Waals surface area (Å²) in [5, 5.41) is 0. The molecule has 3 aliphatic carbocycles. The van der Waals surface area contributed by atoms with Crippen LogP contribution >= 0.6 is 0 Å². The van der Waals surface area contributed by atoms with E-state index in [4.69, 9.17) is 0 Å². The van der Waals surface area contributed by atoms with Crippen LogP contribution in [0.5, 0.6) is 0 Å². The minimum absolute atomic E-state index is 0.599. The maximum absolute atomic E-state index is 4.23. The minimum atomic E-state index is 0.599. The van der Waals surface area contributed by atoms with Crippen LogP contribution in [0.25, 0.3) is 0 Å². The van der Waals surface area contributed by atoms with Gasteiger partial charge in [-0.05, 0) is 57.1 Å². The fourth-order valence-electron chi connectivity index (χ4n) is 4.06. The predicted octanol–water partition coefficient (Wildman–Crippen LogP) is 5.68. The van der Waals surface area contributed by atoms with E-state index < -0.39 is 0 Å². The van der Waals surface area contributed by atoms with Crippen molar-refractivity contribution in [3.05, 3.63) is 70.4 Å². The van der Waals surface area contributed by atoms with Gasteiger partial charge in [-0.2, -0.15) is 0 Å². The number of hydrogen-bond donors (Lipinski definition) is 0. The molecule has 0 fully saturated rings. The zero-order chi connectivity index (χ0) is 14.3. The Morgan fingerprint density at radius 1 is 1.20 bits per heavy atom. The van der Waals surface area contributed by atoms with Crippen molar-refractivity contribution in [1.29, 1.82) is 0 Å². The molecule has 104 valence electrons.